The van der Waals surface area contributed by atoms with Gasteiger partial charge in [0.15, 0.2) is 18.1 Å². The average Bonchev–Trinajstić information content (AvgIpc) is 2.84. The number of hydrogen-bond acceptors (Lipinski definition) is 7. The molecule has 4 heterocycles. The fourth-order valence-electron chi connectivity index (χ4n) is 4.36. The van der Waals surface area contributed by atoms with Crippen molar-refractivity contribution in [2.24, 2.45) is 0 Å². The van der Waals surface area contributed by atoms with Gasteiger partial charge in [0.25, 0.3) is 5.91 Å². The molecule has 1 unspecified atom stereocenters. The van der Waals surface area contributed by atoms with Crippen LogP contribution < -0.4 is 24.3 Å². The van der Waals surface area contributed by atoms with Crippen molar-refractivity contribution in [3.8, 4) is 23.0 Å². The molecular weight excluding hydrogens is 434 g/mol. The SMILES string of the molecule is CN1CCCC(Oc2ccc3c(c2)NC(=O)CO3)C1.Cc1ccc2c3c(ccc2n1)OCCO3. The lowest BCUT2D eigenvalue weighted by atomic mass is 10.1. The summed E-state index contributed by atoms with van der Waals surface area (Å²) in [6, 6.07) is 13.5. The van der Waals surface area contributed by atoms with E-state index in [1.165, 1.54) is 0 Å². The predicted molar refractivity (Wildman–Crippen MR) is 129 cm³/mol. The molecule has 1 N–H and O–H groups in total. The normalized spacial score (nSPS) is 19.2. The van der Waals surface area contributed by atoms with Gasteiger partial charge in [-0.25, -0.2) is 0 Å². The van der Waals surface area contributed by atoms with Crippen LogP contribution in [0.2, 0.25) is 0 Å². The van der Waals surface area contributed by atoms with Crippen LogP contribution in [-0.4, -0.2) is 61.9 Å². The van der Waals surface area contributed by atoms with Gasteiger partial charge >= 0.3 is 0 Å². The van der Waals surface area contributed by atoms with E-state index < -0.39 is 0 Å². The Hall–Kier alpha value is -3.52. The van der Waals surface area contributed by atoms with E-state index in [-0.39, 0.29) is 18.6 Å². The van der Waals surface area contributed by atoms with Gasteiger partial charge in [0.1, 0.15) is 30.8 Å². The van der Waals surface area contributed by atoms with Gasteiger partial charge in [-0.3, -0.25) is 9.78 Å². The third kappa shape index (κ3) is 5.02. The number of amides is 1. The van der Waals surface area contributed by atoms with Crippen LogP contribution >= 0.6 is 0 Å². The number of carbonyl (C=O) groups is 1. The molecule has 3 aliphatic rings. The number of likely N-dealkylation sites (N-methyl/N-ethyl adjacent to an activating group) is 1. The molecule has 0 aliphatic carbocycles. The van der Waals surface area contributed by atoms with Crippen molar-refractivity contribution in [3.63, 3.8) is 0 Å². The molecule has 3 aromatic rings. The topological polar surface area (TPSA) is 82.2 Å². The molecule has 0 saturated carbocycles. The summed E-state index contributed by atoms with van der Waals surface area (Å²) in [5, 5.41) is 3.82. The first kappa shape index (κ1) is 22.3. The van der Waals surface area contributed by atoms with Crippen LogP contribution in [0.5, 0.6) is 23.0 Å². The molecular formula is C26H29N3O5. The van der Waals surface area contributed by atoms with Crippen LogP contribution in [0.25, 0.3) is 10.9 Å². The van der Waals surface area contributed by atoms with Crippen molar-refractivity contribution < 1.29 is 23.7 Å². The lowest BCUT2D eigenvalue weighted by Gasteiger charge is -2.30. The maximum absolute atomic E-state index is 11.3. The van der Waals surface area contributed by atoms with Crippen molar-refractivity contribution in [2.75, 3.05) is 45.3 Å². The number of aromatic nitrogens is 1. The summed E-state index contributed by atoms with van der Waals surface area (Å²) in [5.41, 5.74) is 2.66. The number of aryl methyl sites for hydroxylation is 1. The number of rotatable bonds is 2. The second-order valence-corrected chi connectivity index (χ2v) is 8.75. The van der Waals surface area contributed by atoms with Gasteiger partial charge in [-0.1, -0.05) is 0 Å². The molecule has 0 bridgehead atoms. The average molecular weight is 464 g/mol. The van der Waals surface area contributed by atoms with Crippen LogP contribution in [0.4, 0.5) is 5.69 Å². The molecule has 0 radical (unpaired) electrons. The summed E-state index contributed by atoms with van der Waals surface area (Å²) >= 11 is 0. The summed E-state index contributed by atoms with van der Waals surface area (Å²) in [6.07, 6.45) is 2.45. The van der Waals surface area contributed by atoms with Crippen molar-refractivity contribution in [1.29, 1.82) is 0 Å². The highest BCUT2D eigenvalue weighted by Gasteiger charge is 2.21. The molecule has 3 aliphatic heterocycles. The Labute approximate surface area is 198 Å². The minimum absolute atomic E-state index is 0.0840. The van der Waals surface area contributed by atoms with Crippen LogP contribution in [0.3, 0.4) is 0 Å². The minimum atomic E-state index is -0.123. The zero-order valence-electron chi connectivity index (χ0n) is 19.5. The number of carbonyl (C=O) groups excluding carboxylic acids is 1. The molecule has 2 aromatic carbocycles. The lowest BCUT2D eigenvalue weighted by molar-refractivity contribution is -0.118. The summed E-state index contributed by atoms with van der Waals surface area (Å²) < 4.78 is 22.4. The monoisotopic (exact) mass is 463 g/mol. The number of piperidine rings is 1. The first-order chi connectivity index (χ1) is 16.5. The summed E-state index contributed by atoms with van der Waals surface area (Å²) in [7, 11) is 2.11. The lowest BCUT2D eigenvalue weighted by Crippen LogP contribution is -2.38. The number of nitrogens with one attached hydrogen (secondary N) is 1. The largest absolute Gasteiger partial charge is 0.489 e. The highest BCUT2D eigenvalue weighted by atomic mass is 16.6. The molecule has 1 fully saturated rings. The Morgan fingerprint density at radius 3 is 2.79 bits per heavy atom. The van der Waals surface area contributed by atoms with Gasteiger partial charge in [0, 0.05) is 23.7 Å². The van der Waals surface area contributed by atoms with Gasteiger partial charge in [-0.2, -0.15) is 0 Å². The van der Waals surface area contributed by atoms with Crippen molar-refractivity contribution in [3.05, 3.63) is 48.2 Å². The fourth-order valence-corrected chi connectivity index (χ4v) is 4.36. The summed E-state index contributed by atoms with van der Waals surface area (Å²) in [4.78, 5) is 18.0. The fraction of sp³-hybridized carbons (Fsp3) is 0.385. The molecule has 178 valence electrons. The predicted octanol–water partition coefficient (Wildman–Crippen LogP) is 3.80. The van der Waals surface area contributed by atoms with Gasteiger partial charge in [0.05, 0.1) is 11.2 Å². The molecule has 8 heteroatoms. The van der Waals surface area contributed by atoms with Gasteiger partial charge in [0.2, 0.25) is 0 Å². The van der Waals surface area contributed by atoms with E-state index in [9.17, 15) is 4.79 Å². The van der Waals surface area contributed by atoms with E-state index in [2.05, 4.69) is 22.2 Å². The number of ether oxygens (including phenoxy) is 4. The number of benzene rings is 2. The van der Waals surface area contributed by atoms with Crippen molar-refractivity contribution in [1.82, 2.24) is 9.88 Å². The molecule has 34 heavy (non-hydrogen) atoms. The molecule has 6 rings (SSSR count). The van der Waals surface area contributed by atoms with Crippen LogP contribution in [0.15, 0.2) is 42.5 Å². The minimum Gasteiger partial charge on any atom is -0.489 e. The molecule has 1 atom stereocenters. The van der Waals surface area contributed by atoms with Gasteiger partial charge < -0.3 is 29.2 Å². The van der Waals surface area contributed by atoms with E-state index in [1.54, 1.807) is 0 Å². The van der Waals surface area contributed by atoms with Gasteiger partial charge in [-0.15, -0.1) is 0 Å². The molecule has 8 nitrogen and oxygen atoms in total. The Morgan fingerprint density at radius 2 is 1.91 bits per heavy atom. The zero-order valence-corrected chi connectivity index (χ0v) is 19.5. The summed E-state index contributed by atoms with van der Waals surface area (Å²) in [5.74, 6) is 3.00. The highest BCUT2D eigenvalue weighted by molar-refractivity contribution is 5.95. The van der Waals surface area contributed by atoms with Crippen LogP contribution in [0, 0.1) is 6.92 Å². The number of fused-ring (bicyclic) bond motifs is 4. The smallest absolute Gasteiger partial charge is 0.262 e. The first-order valence-electron chi connectivity index (χ1n) is 11.6. The Morgan fingerprint density at radius 1 is 1.06 bits per heavy atom. The third-order valence-corrected chi connectivity index (χ3v) is 5.98. The van der Waals surface area contributed by atoms with E-state index in [0.29, 0.717) is 24.7 Å². The third-order valence-electron chi connectivity index (χ3n) is 5.98. The Balaban J connectivity index is 0.000000145. The van der Waals surface area contributed by atoms with Crippen LogP contribution in [0.1, 0.15) is 18.5 Å². The summed E-state index contributed by atoms with van der Waals surface area (Å²) in [6.45, 7) is 5.38. The second kappa shape index (κ2) is 9.77. The quantitative estimate of drug-likeness (QED) is 0.619. The molecule has 1 saturated heterocycles. The van der Waals surface area contributed by atoms with E-state index >= 15 is 0 Å². The Kier molecular flexibility index (Phi) is 6.40. The van der Waals surface area contributed by atoms with Crippen molar-refractivity contribution in [2.45, 2.75) is 25.9 Å². The zero-order chi connectivity index (χ0) is 23.5. The van der Waals surface area contributed by atoms with E-state index in [1.807, 2.05) is 49.4 Å². The van der Waals surface area contributed by atoms with Crippen molar-refractivity contribution >= 4 is 22.5 Å². The molecule has 1 amide bonds. The molecule has 1 aromatic heterocycles. The maximum Gasteiger partial charge on any atom is 0.262 e. The number of anilines is 1. The first-order valence-corrected chi connectivity index (χ1v) is 11.6. The molecule has 0 spiro atoms. The van der Waals surface area contributed by atoms with E-state index in [4.69, 9.17) is 18.9 Å². The number of pyridine rings is 1. The maximum atomic E-state index is 11.3. The van der Waals surface area contributed by atoms with E-state index in [0.717, 1.165) is 59.8 Å². The second-order valence-electron chi connectivity index (χ2n) is 8.75. The Bertz CT molecular complexity index is 1200. The number of hydrogen-bond donors (Lipinski definition) is 1. The standard InChI is InChI=1S/C14H18N2O3.C12H11NO2/c1-16-6-2-3-11(8-16)19-10-4-5-13-12(7-10)15-14(17)9-18-13;1-8-2-3-9-10(13-8)4-5-11-12(9)15-7-6-14-11/h4-5,7,11H,2-3,6,8-9H2,1H3,(H,15,17);2-5H,6-7H2,1H3. The number of likely N-dealkylation sites (tertiary alicyclic amines) is 1. The van der Waals surface area contributed by atoms with Gasteiger partial charge in [-0.05, 0) is 69.8 Å². The highest BCUT2D eigenvalue weighted by Crippen LogP contribution is 2.37. The van der Waals surface area contributed by atoms with Crippen LogP contribution in [-0.2, 0) is 4.79 Å². The number of nitrogens with zero attached hydrogens (tertiary/aromatic N) is 2.